The summed E-state index contributed by atoms with van der Waals surface area (Å²) in [6.07, 6.45) is 1.63. The van der Waals surface area contributed by atoms with Crippen molar-refractivity contribution >= 4 is 40.7 Å². The molecule has 0 spiro atoms. The van der Waals surface area contributed by atoms with Crippen molar-refractivity contribution in [3.63, 3.8) is 0 Å². The number of hydrogen-bond donors (Lipinski definition) is 1. The second-order valence-electron chi connectivity index (χ2n) is 6.77. The summed E-state index contributed by atoms with van der Waals surface area (Å²) in [7, 11) is 0. The smallest absolute Gasteiger partial charge is 0.257 e. The molecule has 3 aromatic rings. The second kappa shape index (κ2) is 8.54. The van der Waals surface area contributed by atoms with Crippen molar-refractivity contribution in [2.75, 3.05) is 31.6 Å². The summed E-state index contributed by atoms with van der Waals surface area (Å²) in [4.78, 5) is 23.9. The molecular formula is C21H23ClN4O2. The minimum absolute atomic E-state index is 0. The number of aryl methyl sites for hydroxylation is 2. The Balaban J connectivity index is 0.00000225. The van der Waals surface area contributed by atoms with Crippen molar-refractivity contribution in [3.8, 4) is 0 Å². The van der Waals surface area contributed by atoms with Crippen LogP contribution >= 0.6 is 12.4 Å². The SMILES string of the molecule is Cc1cccc(Nc2c(C(=O)N3CCOCC3)cnc3nc(C)ccc23)c1.Cl. The van der Waals surface area contributed by atoms with E-state index in [0.717, 1.165) is 28.0 Å². The van der Waals surface area contributed by atoms with Crippen LogP contribution in [0.4, 0.5) is 11.4 Å². The zero-order valence-corrected chi connectivity index (χ0v) is 16.8. The number of morpholine rings is 1. The van der Waals surface area contributed by atoms with Gasteiger partial charge in [-0.25, -0.2) is 9.97 Å². The van der Waals surface area contributed by atoms with Crippen LogP contribution in [0.1, 0.15) is 21.6 Å². The van der Waals surface area contributed by atoms with Crippen LogP contribution in [0.25, 0.3) is 11.0 Å². The van der Waals surface area contributed by atoms with E-state index < -0.39 is 0 Å². The molecule has 0 saturated carbocycles. The Bertz CT molecular complexity index is 1000. The Morgan fingerprint density at radius 3 is 2.68 bits per heavy atom. The summed E-state index contributed by atoms with van der Waals surface area (Å²) < 4.78 is 5.37. The molecule has 1 aromatic carbocycles. The number of anilines is 2. The summed E-state index contributed by atoms with van der Waals surface area (Å²) >= 11 is 0. The lowest BCUT2D eigenvalue weighted by Crippen LogP contribution is -2.41. The highest BCUT2D eigenvalue weighted by Crippen LogP contribution is 2.30. The molecule has 1 amide bonds. The first-order valence-electron chi connectivity index (χ1n) is 9.09. The first-order valence-corrected chi connectivity index (χ1v) is 9.09. The van der Waals surface area contributed by atoms with Crippen molar-refractivity contribution < 1.29 is 9.53 Å². The van der Waals surface area contributed by atoms with Crippen LogP contribution in [0.15, 0.2) is 42.6 Å². The number of pyridine rings is 2. The van der Waals surface area contributed by atoms with Gasteiger partial charge in [-0.15, -0.1) is 12.4 Å². The number of ether oxygens (including phenoxy) is 1. The van der Waals surface area contributed by atoms with E-state index in [1.54, 1.807) is 6.20 Å². The molecule has 4 rings (SSSR count). The molecule has 146 valence electrons. The molecule has 0 unspecified atom stereocenters. The molecule has 0 bridgehead atoms. The third kappa shape index (κ3) is 4.08. The number of aromatic nitrogens is 2. The van der Waals surface area contributed by atoms with E-state index in [0.29, 0.717) is 37.5 Å². The van der Waals surface area contributed by atoms with E-state index >= 15 is 0 Å². The topological polar surface area (TPSA) is 67.4 Å². The van der Waals surface area contributed by atoms with Crippen LogP contribution in [0, 0.1) is 13.8 Å². The van der Waals surface area contributed by atoms with E-state index in [4.69, 9.17) is 4.74 Å². The Morgan fingerprint density at radius 2 is 1.93 bits per heavy atom. The lowest BCUT2D eigenvalue weighted by atomic mass is 10.1. The standard InChI is InChI=1S/C21H22N4O2.ClH/c1-14-4-3-5-16(12-14)24-19-17-7-6-15(2)23-20(17)22-13-18(19)21(26)25-8-10-27-11-9-25;/h3-7,12-13H,8-11H2,1-2H3,(H,22,23,24);1H. The molecule has 2 aromatic heterocycles. The Kier molecular flexibility index (Phi) is 6.11. The van der Waals surface area contributed by atoms with Crippen LogP contribution in [0.3, 0.4) is 0 Å². The highest BCUT2D eigenvalue weighted by molar-refractivity contribution is 6.07. The van der Waals surface area contributed by atoms with Gasteiger partial charge in [0.15, 0.2) is 5.65 Å². The number of benzene rings is 1. The normalized spacial score (nSPS) is 13.9. The van der Waals surface area contributed by atoms with Gasteiger partial charge in [-0.3, -0.25) is 4.79 Å². The van der Waals surface area contributed by atoms with Gasteiger partial charge in [0.2, 0.25) is 0 Å². The zero-order chi connectivity index (χ0) is 18.8. The minimum Gasteiger partial charge on any atom is -0.378 e. The predicted molar refractivity (Wildman–Crippen MR) is 113 cm³/mol. The highest BCUT2D eigenvalue weighted by Gasteiger charge is 2.23. The highest BCUT2D eigenvalue weighted by atomic mass is 35.5. The van der Waals surface area contributed by atoms with Crippen LogP contribution < -0.4 is 5.32 Å². The number of amides is 1. The van der Waals surface area contributed by atoms with E-state index in [1.807, 2.05) is 49.1 Å². The first-order chi connectivity index (χ1) is 13.1. The number of nitrogens with zero attached hydrogens (tertiary/aromatic N) is 3. The van der Waals surface area contributed by atoms with Gasteiger partial charge in [0.05, 0.1) is 24.5 Å². The summed E-state index contributed by atoms with van der Waals surface area (Å²) in [5.41, 5.74) is 4.89. The fraction of sp³-hybridized carbons (Fsp3) is 0.286. The quantitative estimate of drug-likeness (QED) is 0.725. The molecule has 0 radical (unpaired) electrons. The van der Waals surface area contributed by atoms with Gasteiger partial charge < -0.3 is 15.0 Å². The molecule has 3 heterocycles. The maximum absolute atomic E-state index is 13.2. The van der Waals surface area contributed by atoms with Crippen molar-refractivity contribution in [2.24, 2.45) is 0 Å². The fourth-order valence-electron chi connectivity index (χ4n) is 3.27. The summed E-state index contributed by atoms with van der Waals surface area (Å²) in [6.45, 7) is 6.28. The number of halogens is 1. The third-order valence-corrected chi connectivity index (χ3v) is 4.69. The molecule has 1 aliphatic rings. The molecule has 0 atom stereocenters. The van der Waals surface area contributed by atoms with Gasteiger partial charge in [-0.1, -0.05) is 12.1 Å². The molecule has 1 N–H and O–H groups in total. The van der Waals surface area contributed by atoms with E-state index in [2.05, 4.69) is 21.4 Å². The number of nitrogens with one attached hydrogen (secondary N) is 1. The summed E-state index contributed by atoms with van der Waals surface area (Å²) in [5, 5.41) is 4.27. The first kappa shape index (κ1) is 20.0. The molecule has 1 fully saturated rings. The number of hydrogen-bond acceptors (Lipinski definition) is 5. The molecule has 28 heavy (non-hydrogen) atoms. The largest absolute Gasteiger partial charge is 0.378 e. The van der Waals surface area contributed by atoms with Gasteiger partial charge >= 0.3 is 0 Å². The molecule has 6 nitrogen and oxygen atoms in total. The van der Waals surface area contributed by atoms with Gasteiger partial charge in [0, 0.05) is 36.1 Å². The molecule has 0 aliphatic carbocycles. The Labute approximate surface area is 170 Å². The molecule has 7 heteroatoms. The predicted octanol–water partition coefficient (Wildman–Crippen LogP) is 3.88. The fourth-order valence-corrected chi connectivity index (χ4v) is 3.27. The van der Waals surface area contributed by atoms with Crippen LogP contribution in [-0.2, 0) is 4.74 Å². The third-order valence-electron chi connectivity index (χ3n) is 4.69. The van der Waals surface area contributed by atoms with Crippen LogP contribution in [0.2, 0.25) is 0 Å². The number of carbonyl (C=O) groups is 1. The lowest BCUT2D eigenvalue weighted by Gasteiger charge is -2.27. The van der Waals surface area contributed by atoms with E-state index in [-0.39, 0.29) is 18.3 Å². The van der Waals surface area contributed by atoms with Crippen molar-refractivity contribution in [3.05, 3.63) is 59.4 Å². The maximum Gasteiger partial charge on any atom is 0.257 e. The van der Waals surface area contributed by atoms with Crippen molar-refractivity contribution in [1.82, 2.24) is 14.9 Å². The van der Waals surface area contributed by atoms with Crippen molar-refractivity contribution in [1.29, 1.82) is 0 Å². The minimum atomic E-state index is -0.0385. The monoisotopic (exact) mass is 398 g/mol. The van der Waals surface area contributed by atoms with Crippen molar-refractivity contribution in [2.45, 2.75) is 13.8 Å². The summed E-state index contributed by atoms with van der Waals surface area (Å²) in [6, 6.07) is 12.0. The van der Waals surface area contributed by atoms with Gasteiger partial charge in [0.1, 0.15) is 0 Å². The lowest BCUT2D eigenvalue weighted by molar-refractivity contribution is 0.0303. The molecule has 1 aliphatic heterocycles. The van der Waals surface area contributed by atoms with E-state index in [1.165, 1.54) is 0 Å². The van der Waals surface area contributed by atoms with E-state index in [9.17, 15) is 4.79 Å². The number of rotatable bonds is 3. The molecule has 1 saturated heterocycles. The average molecular weight is 399 g/mol. The summed E-state index contributed by atoms with van der Waals surface area (Å²) in [5.74, 6) is -0.0385. The van der Waals surface area contributed by atoms with Crippen LogP contribution in [-0.4, -0.2) is 47.1 Å². The number of carbonyl (C=O) groups excluding carboxylic acids is 1. The molecular weight excluding hydrogens is 376 g/mol. The Morgan fingerprint density at radius 1 is 1.14 bits per heavy atom. The number of fused-ring (bicyclic) bond motifs is 1. The second-order valence-corrected chi connectivity index (χ2v) is 6.77. The van der Waals surface area contributed by atoms with Gasteiger partial charge in [0.25, 0.3) is 5.91 Å². The van der Waals surface area contributed by atoms with Gasteiger partial charge in [-0.05, 0) is 43.7 Å². The maximum atomic E-state index is 13.2. The van der Waals surface area contributed by atoms with Gasteiger partial charge in [-0.2, -0.15) is 0 Å². The average Bonchev–Trinajstić information content (AvgIpc) is 2.68. The zero-order valence-electron chi connectivity index (χ0n) is 15.9. The van der Waals surface area contributed by atoms with Crippen LogP contribution in [0.5, 0.6) is 0 Å². The Hall–Kier alpha value is -2.70.